The molecule has 1 N–H and O–H groups in total. The largest absolute Gasteiger partial charge is 0.496 e. The number of nitrogens with zero attached hydrogens (tertiary/aromatic N) is 4. The lowest BCUT2D eigenvalue weighted by molar-refractivity contribution is -0.111. The molecule has 1 aliphatic rings. The van der Waals surface area contributed by atoms with Gasteiger partial charge >= 0.3 is 0 Å². The normalized spacial score (nSPS) is 13.9. The van der Waals surface area contributed by atoms with Gasteiger partial charge in [0, 0.05) is 61.8 Å². The van der Waals surface area contributed by atoms with Crippen LogP contribution in [0.25, 0.3) is 0 Å². The number of aryl methyl sites for hydroxylation is 3. The molecule has 194 valence electrons. The number of anilines is 2. The highest BCUT2D eigenvalue weighted by molar-refractivity contribution is 6.31. The molecule has 1 amide bonds. The van der Waals surface area contributed by atoms with E-state index in [4.69, 9.17) is 21.3 Å². The van der Waals surface area contributed by atoms with Gasteiger partial charge in [0.25, 0.3) is 0 Å². The van der Waals surface area contributed by atoms with Crippen LogP contribution < -0.4 is 15.0 Å². The number of hydrogen-bond acceptors (Lipinski definition) is 6. The predicted octanol–water partition coefficient (Wildman–Crippen LogP) is 4.70. The molecule has 1 fully saturated rings. The van der Waals surface area contributed by atoms with Crippen molar-refractivity contribution in [2.75, 3.05) is 50.6 Å². The lowest BCUT2D eigenvalue weighted by Crippen LogP contribution is -2.44. The summed E-state index contributed by atoms with van der Waals surface area (Å²) in [6, 6.07) is 12.1. The number of carbonyl (C=O) groups is 1. The van der Waals surface area contributed by atoms with Gasteiger partial charge in [-0.3, -0.25) is 4.79 Å². The van der Waals surface area contributed by atoms with Crippen LogP contribution in [0.15, 0.2) is 55.3 Å². The summed E-state index contributed by atoms with van der Waals surface area (Å²) in [5.41, 5.74) is 6.11. The molecule has 0 bridgehead atoms. The maximum Gasteiger partial charge on any atom is 0.247 e. The number of ether oxygens (including phenoxy) is 1. The van der Waals surface area contributed by atoms with E-state index in [9.17, 15) is 4.79 Å². The van der Waals surface area contributed by atoms with E-state index in [1.165, 1.54) is 17.3 Å². The highest BCUT2D eigenvalue weighted by Gasteiger charge is 2.19. The van der Waals surface area contributed by atoms with Gasteiger partial charge in [-0.25, -0.2) is 9.97 Å². The minimum atomic E-state index is -0.233. The van der Waals surface area contributed by atoms with Crippen LogP contribution >= 0.6 is 11.6 Å². The van der Waals surface area contributed by atoms with Crippen LogP contribution in [0.1, 0.15) is 28.2 Å². The summed E-state index contributed by atoms with van der Waals surface area (Å²) in [6.07, 6.45) is 4.88. The minimum Gasteiger partial charge on any atom is -0.496 e. The van der Waals surface area contributed by atoms with E-state index in [0.717, 1.165) is 60.9 Å². The summed E-state index contributed by atoms with van der Waals surface area (Å²) in [4.78, 5) is 25.7. The third-order valence-electron chi connectivity index (χ3n) is 6.69. The van der Waals surface area contributed by atoms with Gasteiger partial charge in [-0.1, -0.05) is 30.3 Å². The van der Waals surface area contributed by atoms with Gasteiger partial charge in [-0.05, 0) is 62.2 Å². The Balaban J connectivity index is 1.48. The quantitative estimate of drug-likeness (QED) is 0.413. The second-order valence-electron chi connectivity index (χ2n) is 9.39. The third kappa shape index (κ3) is 6.87. The smallest absolute Gasteiger partial charge is 0.247 e. The Hall–Kier alpha value is -3.42. The topological polar surface area (TPSA) is 70.6 Å². The van der Waals surface area contributed by atoms with E-state index in [2.05, 4.69) is 52.8 Å². The number of amides is 1. The molecule has 1 aromatic heterocycles. The van der Waals surface area contributed by atoms with Gasteiger partial charge in [0.1, 0.15) is 11.6 Å². The van der Waals surface area contributed by atoms with Crippen LogP contribution in [0.2, 0.25) is 5.02 Å². The number of benzene rings is 2. The number of methoxy groups -OCH3 is 1. The van der Waals surface area contributed by atoms with Gasteiger partial charge in [-0.2, -0.15) is 0 Å². The molecule has 2 aromatic carbocycles. The summed E-state index contributed by atoms with van der Waals surface area (Å²) in [6.45, 7) is 9.77. The summed E-state index contributed by atoms with van der Waals surface area (Å²) in [5.74, 6) is 1.32. The van der Waals surface area contributed by atoms with E-state index >= 15 is 0 Å². The maximum atomic E-state index is 11.6. The number of halogens is 1. The molecule has 0 saturated carbocycles. The first-order valence-corrected chi connectivity index (χ1v) is 12.9. The van der Waals surface area contributed by atoms with Crippen molar-refractivity contribution in [1.29, 1.82) is 0 Å². The van der Waals surface area contributed by atoms with E-state index in [-0.39, 0.29) is 5.91 Å². The van der Waals surface area contributed by atoms with Crippen LogP contribution in [-0.2, 0) is 24.1 Å². The molecule has 3 aromatic rings. The molecule has 2 heterocycles. The number of nitrogens with one attached hydrogen (secondary N) is 1. The number of aromatic nitrogens is 2. The lowest BCUT2D eigenvalue weighted by Gasteiger charge is -2.35. The second kappa shape index (κ2) is 12.2. The van der Waals surface area contributed by atoms with Crippen LogP contribution in [-0.4, -0.2) is 61.1 Å². The zero-order chi connectivity index (χ0) is 26.4. The molecule has 0 atom stereocenters. The standard InChI is InChI=1S/C29H34ClN5O2/c1-5-29(36)32-23-8-6-7-21(16-23)9-10-25-24(30)19-31-28(33-25)17-22-15-20(2)26(18-27(22)37-4)35-13-11-34(3)12-14-35/h5-8,15-16,18-19H,1,9-14,17H2,2-4H3,(H,32,36). The molecule has 1 aliphatic heterocycles. The molecule has 0 radical (unpaired) electrons. The summed E-state index contributed by atoms with van der Waals surface area (Å²) in [7, 11) is 3.87. The first kappa shape index (κ1) is 26.6. The maximum absolute atomic E-state index is 11.6. The van der Waals surface area contributed by atoms with E-state index in [1.54, 1.807) is 13.3 Å². The summed E-state index contributed by atoms with van der Waals surface area (Å²) in [5, 5.41) is 3.34. The van der Waals surface area contributed by atoms with Crippen molar-refractivity contribution in [2.24, 2.45) is 0 Å². The molecule has 4 rings (SSSR count). The fourth-order valence-corrected chi connectivity index (χ4v) is 4.77. The number of piperazine rings is 1. The Morgan fingerprint density at radius 3 is 2.70 bits per heavy atom. The Morgan fingerprint density at radius 2 is 1.97 bits per heavy atom. The van der Waals surface area contributed by atoms with Crippen molar-refractivity contribution < 1.29 is 9.53 Å². The van der Waals surface area contributed by atoms with Crippen molar-refractivity contribution in [1.82, 2.24) is 14.9 Å². The van der Waals surface area contributed by atoms with Crippen molar-refractivity contribution in [2.45, 2.75) is 26.2 Å². The zero-order valence-corrected chi connectivity index (χ0v) is 22.5. The van der Waals surface area contributed by atoms with E-state index < -0.39 is 0 Å². The van der Waals surface area contributed by atoms with Crippen molar-refractivity contribution in [3.8, 4) is 5.75 Å². The van der Waals surface area contributed by atoms with Crippen LogP contribution in [0.3, 0.4) is 0 Å². The molecule has 37 heavy (non-hydrogen) atoms. The summed E-state index contributed by atoms with van der Waals surface area (Å²) >= 11 is 6.46. The first-order chi connectivity index (χ1) is 17.9. The van der Waals surface area contributed by atoms with Crippen LogP contribution in [0.4, 0.5) is 11.4 Å². The molecular formula is C29H34ClN5O2. The molecule has 1 saturated heterocycles. The van der Waals surface area contributed by atoms with Gasteiger partial charge in [0.05, 0.1) is 17.8 Å². The Kier molecular flexibility index (Phi) is 8.79. The summed E-state index contributed by atoms with van der Waals surface area (Å²) < 4.78 is 5.78. The third-order valence-corrected chi connectivity index (χ3v) is 7.00. The molecule has 0 unspecified atom stereocenters. The SMILES string of the molecule is C=CC(=O)Nc1cccc(CCc2nc(Cc3cc(C)c(N4CCN(C)CC4)cc3OC)ncc2Cl)c1. The highest BCUT2D eigenvalue weighted by atomic mass is 35.5. The number of hydrogen-bond donors (Lipinski definition) is 1. The fourth-order valence-electron chi connectivity index (χ4n) is 4.59. The van der Waals surface area contributed by atoms with Crippen molar-refractivity contribution in [3.63, 3.8) is 0 Å². The Labute approximate surface area is 224 Å². The predicted molar refractivity (Wildman–Crippen MR) is 150 cm³/mol. The van der Waals surface area contributed by atoms with Gasteiger partial charge in [0.2, 0.25) is 5.91 Å². The molecule has 7 nitrogen and oxygen atoms in total. The fraction of sp³-hybridized carbons (Fsp3) is 0.345. The second-order valence-corrected chi connectivity index (χ2v) is 9.80. The van der Waals surface area contributed by atoms with E-state index in [0.29, 0.717) is 23.7 Å². The zero-order valence-electron chi connectivity index (χ0n) is 21.8. The number of carbonyl (C=O) groups excluding carboxylic acids is 1. The van der Waals surface area contributed by atoms with E-state index in [1.807, 2.05) is 24.3 Å². The molecule has 0 aliphatic carbocycles. The molecular weight excluding hydrogens is 486 g/mol. The van der Waals surface area contributed by atoms with Crippen molar-refractivity contribution >= 4 is 28.9 Å². The van der Waals surface area contributed by atoms with Crippen LogP contribution in [0, 0.1) is 6.92 Å². The van der Waals surface area contributed by atoms with Gasteiger partial charge < -0.3 is 19.9 Å². The first-order valence-electron chi connectivity index (χ1n) is 12.5. The Bertz CT molecular complexity index is 1270. The molecule has 8 heteroatoms. The monoisotopic (exact) mass is 519 g/mol. The lowest BCUT2D eigenvalue weighted by atomic mass is 10.0. The average molecular weight is 520 g/mol. The number of likely N-dealkylation sites (N-methyl/N-ethyl adjacent to an activating group) is 1. The highest BCUT2D eigenvalue weighted by Crippen LogP contribution is 2.31. The number of rotatable bonds is 9. The van der Waals surface area contributed by atoms with Gasteiger partial charge in [-0.15, -0.1) is 0 Å². The minimum absolute atomic E-state index is 0.233. The Morgan fingerprint density at radius 1 is 1.19 bits per heavy atom. The molecule has 0 spiro atoms. The van der Waals surface area contributed by atoms with Gasteiger partial charge in [0.15, 0.2) is 0 Å². The van der Waals surface area contributed by atoms with Crippen LogP contribution in [0.5, 0.6) is 5.75 Å². The van der Waals surface area contributed by atoms with Crippen molar-refractivity contribution in [3.05, 3.63) is 88.5 Å². The average Bonchev–Trinajstić information content (AvgIpc) is 2.90.